The van der Waals surface area contributed by atoms with Gasteiger partial charge in [0.25, 0.3) is 0 Å². The summed E-state index contributed by atoms with van der Waals surface area (Å²) in [5, 5.41) is 14.2. The molecule has 2 rings (SSSR count). The van der Waals surface area contributed by atoms with Crippen molar-refractivity contribution in [3.05, 3.63) is 52.8 Å². The molecule has 0 atom stereocenters. The molecule has 3 N–H and O–H groups in total. The molecule has 2 amide bonds. The van der Waals surface area contributed by atoms with E-state index in [0.29, 0.717) is 22.7 Å². The van der Waals surface area contributed by atoms with Crippen molar-refractivity contribution in [1.82, 2.24) is 4.98 Å². The second kappa shape index (κ2) is 7.15. The predicted molar refractivity (Wildman–Crippen MR) is 79.0 cm³/mol. The van der Waals surface area contributed by atoms with Crippen LogP contribution in [0.25, 0.3) is 0 Å². The Kier molecular flexibility index (Phi) is 5.24. The fourth-order valence-electron chi connectivity index (χ4n) is 1.83. The molecule has 22 heavy (non-hydrogen) atoms. The summed E-state index contributed by atoms with van der Waals surface area (Å²) in [6, 6.07) is 5.87. The molecule has 0 saturated carbocycles. The zero-order valence-electron chi connectivity index (χ0n) is 11.2. The van der Waals surface area contributed by atoms with Crippen LogP contribution in [0.1, 0.15) is 5.56 Å². The van der Waals surface area contributed by atoms with Gasteiger partial charge in [-0.25, -0.2) is 4.79 Å². The summed E-state index contributed by atoms with van der Waals surface area (Å²) in [5.41, 5.74) is 0.997. The number of nitrogens with zero attached hydrogens (tertiary/aromatic N) is 1. The van der Waals surface area contributed by atoms with Gasteiger partial charge in [0.05, 0.1) is 5.69 Å². The van der Waals surface area contributed by atoms with Gasteiger partial charge in [0, 0.05) is 29.4 Å². The molecule has 2 aromatic rings. The number of anilines is 2. The molecule has 116 valence electrons. The SMILES string of the molecule is O=C(Nc1cc(F)nc(F)c1)Nc1cc(Cl)ccc1CCO. The molecule has 1 heterocycles. The number of hydrogen-bond acceptors (Lipinski definition) is 3. The van der Waals surface area contributed by atoms with E-state index >= 15 is 0 Å². The summed E-state index contributed by atoms with van der Waals surface area (Å²) in [5.74, 6) is -2.09. The normalized spacial score (nSPS) is 10.4. The Morgan fingerprint density at radius 2 is 1.86 bits per heavy atom. The molecule has 8 heteroatoms. The number of carbonyl (C=O) groups is 1. The molecular formula is C14H12ClF2N3O2. The number of halogens is 3. The van der Waals surface area contributed by atoms with Crippen molar-refractivity contribution in [1.29, 1.82) is 0 Å². The third kappa shape index (κ3) is 4.37. The Bertz CT molecular complexity index is 678. The summed E-state index contributed by atoms with van der Waals surface area (Å²) in [6.07, 6.45) is 0.325. The highest BCUT2D eigenvalue weighted by Crippen LogP contribution is 2.22. The van der Waals surface area contributed by atoms with Crippen molar-refractivity contribution >= 4 is 29.0 Å². The minimum Gasteiger partial charge on any atom is -0.396 e. The van der Waals surface area contributed by atoms with Gasteiger partial charge in [0.15, 0.2) is 0 Å². The van der Waals surface area contributed by atoms with Crippen molar-refractivity contribution in [2.24, 2.45) is 0 Å². The number of aromatic nitrogens is 1. The van der Waals surface area contributed by atoms with Crippen molar-refractivity contribution in [3.8, 4) is 0 Å². The summed E-state index contributed by atoms with van der Waals surface area (Å²) < 4.78 is 25.9. The molecule has 0 aliphatic carbocycles. The fraction of sp³-hybridized carbons (Fsp3) is 0.143. The molecule has 0 spiro atoms. The van der Waals surface area contributed by atoms with E-state index in [9.17, 15) is 13.6 Å². The minimum absolute atomic E-state index is 0.0757. The van der Waals surface area contributed by atoms with Crippen LogP contribution < -0.4 is 10.6 Å². The summed E-state index contributed by atoms with van der Waals surface area (Å²) >= 11 is 5.86. The van der Waals surface area contributed by atoms with Crippen molar-refractivity contribution in [2.45, 2.75) is 6.42 Å². The number of rotatable bonds is 4. The van der Waals surface area contributed by atoms with E-state index in [1.54, 1.807) is 12.1 Å². The smallest absolute Gasteiger partial charge is 0.323 e. The molecule has 5 nitrogen and oxygen atoms in total. The first-order valence-electron chi connectivity index (χ1n) is 6.28. The summed E-state index contributed by atoms with van der Waals surface area (Å²) in [7, 11) is 0. The Balaban J connectivity index is 2.13. The molecule has 0 unspecified atom stereocenters. The largest absolute Gasteiger partial charge is 0.396 e. The third-order valence-electron chi connectivity index (χ3n) is 2.72. The third-order valence-corrected chi connectivity index (χ3v) is 2.96. The van der Waals surface area contributed by atoms with Crippen LogP contribution in [0, 0.1) is 11.9 Å². The number of hydrogen-bond donors (Lipinski definition) is 3. The lowest BCUT2D eigenvalue weighted by Crippen LogP contribution is -2.20. The van der Waals surface area contributed by atoms with Gasteiger partial charge in [-0.2, -0.15) is 13.8 Å². The lowest BCUT2D eigenvalue weighted by molar-refractivity contribution is 0.262. The zero-order chi connectivity index (χ0) is 16.1. The predicted octanol–water partition coefficient (Wildman–Crippen LogP) is 3.19. The Morgan fingerprint density at radius 3 is 2.50 bits per heavy atom. The second-order valence-corrected chi connectivity index (χ2v) is 4.79. The second-order valence-electron chi connectivity index (χ2n) is 4.36. The topological polar surface area (TPSA) is 74.2 Å². The number of aliphatic hydroxyl groups excluding tert-OH is 1. The maximum Gasteiger partial charge on any atom is 0.323 e. The van der Waals surface area contributed by atoms with E-state index in [1.165, 1.54) is 6.07 Å². The van der Waals surface area contributed by atoms with E-state index in [0.717, 1.165) is 12.1 Å². The number of aliphatic hydroxyl groups is 1. The van der Waals surface area contributed by atoms with Crippen LogP contribution in [0.15, 0.2) is 30.3 Å². The number of benzene rings is 1. The molecule has 0 fully saturated rings. The van der Waals surface area contributed by atoms with E-state index in [2.05, 4.69) is 15.6 Å². The number of amides is 2. The van der Waals surface area contributed by atoms with E-state index in [4.69, 9.17) is 16.7 Å². The minimum atomic E-state index is -1.04. The standard InChI is InChI=1S/C14H12ClF2N3O2/c15-9-2-1-8(3-4-21)11(5-9)19-14(22)18-10-6-12(16)20-13(17)7-10/h1-2,5-7,21H,3-4H2,(H2,18,19,20,22). The van der Waals surface area contributed by atoms with Crippen molar-refractivity contribution in [2.75, 3.05) is 17.2 Å². The first kappa shape index (κ1) is 16.1. The maximum absolute atomic E-state index is 13.0. The molecule has 0 saturated heterocycles. The lowest BCUT2D eigenvalue weighted by Gasteiger charge is -2.12. The average molecular weight is 328 g/mol. The van der Waals surface area contributed by atoms with E-state index < -0.39 is 17.9 Å². The number of nitrogens with one attached hydrogen (secondary N) is 2. The Hall–Kier alpha value is -2.25. The van der Waals surface area contributed by atoms with Gasteiger partial charge in [-0.15, -0.1) is 0 Å². The van der Waals surface area contributed by atoms with Crippen LogP contribution in [0.5, 0.6) is 0 Å². The Labute approximate surface area is 129 Å². The van der Waals surface area contributed by atoms with Gasteiger partial charge >= 0.3 is 6.03 Å². The fourth-order valence-corrected chi connectivity index (χ4v) is 2.00. The molecule has 1 aromatic carbocycles. The van der Waals surface area contributed by atoms with Crippen LogP contribution in [0.4, 0.5) is 25.0 Å². The number of carbonyl (C=O) groups excluding carboxylic acids is 1. The van der Waals surface area contributed by atoms with Gasteiger partial charge in [-0.1, -0.05) is 17.7 Å². The molecule has 0 bridgehead atoms. The molecule has 0 aliphatic rings. The highest BCUT2D eigenvalue weighted by Gasteiger charge is 2.09. The van der Waals surface area contributed by atoms with Crippen LogP contribution in [0.3, 0.4) is 0 Å². The van der Waals surface area contributed by atoms with Gasteiger partial charge < -0.3 is 15.7 Å². The van der Waals surface area contributed by atoms with Gasteiger partial charge in [0.1, 0.15) is 0 Å². The van der Waals surface area contributed by atoms with Crippen LogP contribution in [0.2, 0.25) is 5.02 Å². The van der Waals surface area contributed by atoms with E-state index in [1.807, 2.05) is 0 Å². The van der Waals surface area contributed by atoms with Crippen LogP contribution >= 0.6 is 11.6 Å². The summed E-state index contributed by atoms with van der Waals surface area (Å²) in [6.45, 7) is -0.0985. The van der Waals surface area contributed by atoms with Gasteiger partial charge in [-0.3, -0.25) is 0 Å². The van der Waals surface area contributed by atoms with Gasteiger partial charge in [0.2, 0.25) is 11.9 Å². The molecule has 0 radical (unpaired) electrons. The highest BCUT2D eigenvalue weighted by molar-refractivity contribution is 6.31. The number of urea groups is 1. The molecular weight excluding hydrogens is 316 g/mol. The highest BCUT2D eigenvalue weighted by atomic mass is 35.5. The first-order valence-corrected chi connectivity index (χ1v) is 6.66. The average Bonchev–Trinajstić information content (AvgIpc) is 2.40. The van der Waals surface area contributed by atoms with Crippen LogP contribution in [-0.2, 0) is 6.42 Å². The molecule has 1 aromatic heterocycles. The first-order chi connectivity index (χ1) is 10.5. The van der Waals surface area contributed by atoms with Crippen molar-refractivity contribution < 1.29 is 18.7 Å². The Morgan fingerprint density at radius 1 is 1.18 bits per heavy atom. The number of pyridine rings is 1. The van der Waals surface area contributed by atoms with Crippen LogP contribution in [-0.4, -0.2) is 22.7 Å². The van der Waals surface area contributed by atoms with E-state index in [-0.39, 0.29) is 12.3 Å². The lowest BCUT2D eigenvalue weighted by atomic mass is 10.1. The quantitative estimate of drug-likeness (QED) is 0.755. The molecule has 0 aliphatic heterocycles. The van der Waals surface area contributed by atoms with Gasteiger partial charge in [-0.05, 0) is 24.1 Å². The van der Waals surface area contributed by atoms with Crippen molar-refractivity contribution in [3.63, 3.8) is 0 Å². The monoisotopic (exact) mass is 327 g/mol. The summed E-state index contributed by atoms with van der Waals surface area (Å²) in [4.78, 5) is 14.8. The zero-order valence-corrected chi connectivity index (χ0v) is 12.0. The maximum atomic E-state index is 13.0.